The molecule has 4 rings (SSSR count). The number of aryl methyl sites for hydroxylation is 3. The molecular weight excluding hydrogens is 374 g/mol. The van der Waals surface area contributed by atoms with Crippen LogP contribution in [0, 0.1) is 26.7 Å². The molecule has 0 aromatic carbocycles. The van der Waals surface area contributed by atoms with E-state index in [0.29, 0.717) is 40.9 Å². The Hall–Kier alpha value is -3.16. The van der Waals surface area contributed by atoms with E-state index in [9.17, 15) is 14.7 Å². The van der Waals surface area contributed by atoms with Crippen LogP contribution in [0.5, 0.6) is 0 Å². The Bertz CT molecular complexity index is 1110. The van der Waals surface area contributed by atoms with E-state index in [0.717, 1.165) is 11.3 Å². The third-order valence-electron chi connectivity index (χ3n) is 5.66. The molecule has 1 N–H and O–H groups in total. The zero-order chi connectivity index (χ0) is 20.9. The first-order chi connectivity index (χ1) is 13.8. The van der Waals surface area contributed by atoms with Gasteiger partial charge in [0.25, 0.3) is 11.6 Å². The first-order valence-corrected chi connectivity index (χ1v) is 9.64. The number of furan rings is 1. The summed E-state index contributed by atoms with van der Waals surface area (Å²) >= 11 is 0. The molecule has 1 amide bonds. The van der Waals surface area contributed by atoms with Gasteiger partial charge in [-0.25, -0.2) is 4.98 Å². The number of fused-ring (bicyclic) bond motifs is 1. The highest BCUT2D eigenvalue weighted by atomic mass is 16.5. The lowest BCUT2D eigenvalue weighted by Crippen LogP contribution is -2.47. The molecule has 1 aliphatic rings. The number of carbonyl (C=O) groups excluding carboxylic acids is 1. The average molecular weight is 397 g/mol. The van der Waals surface area contributed by atoms with Crippen LogP contribution in [0.25, 0.3) is 22.4 Å². The van der Waals surface area contributed by atoms with Gasteiger partial charge in [-0.05, 0) is 52.7 Å². The minimum Gasteiger partial charge on any atom is -0.481 e. The Morgan fingerprint density at radius 3 is 2.62 bits per heavy atom. The van der Waals surface area contributed by atoms with E-state index in [1.165, 1.54) is 0 Å². The maximum absolute atomic E-state index is 13.5. The molecule has 3 aromatic rings. The molecule has 0 aliphatic carbocycles. The summed E-state index contributed by atoms with van der Waals surface area (Å²) in [5, 5.41) is 14.0. The molecule has 2 unspecified atom stereocenters. The molecule has 0 bridgehead atoms. The van der Waals surface area contributed by atoms with Crippen molar-refractivity contribution in [3.05, 3.63) is 34.9 Å². The summed E-state index contributed by atoms with van der Waals surface area (Å²) in [7, 11) is 0. The minimum absolute atomic E-state index is 0.0529. The lowest BCUT2D eigenvalue weighted by molar-refractivity contribution is -0.143. The number of nitrogens with zero attached hydrogens (tertiary/aromatic N) is 3. The Morgan fingerprint density at radius 1 is 1.21 bits per heavy atom. The van der Waals surface area contributed by atoms with Crippen molar-refractivity contribution in [2.75, 3.05) is 6.54 Å². The van der Waals surface area contributed by atoms with Gasteiger partial charge < -0.3 is 18.9 Å². The number of likely N-dealkylation sites (tertiary alicyclic amines) is 1. The standard InChI is InChI=1S/C21H23N3O5/c1-10-5-6-14(21(26)27)9-24(10)20(25)16-8-17(15-7-11(2)28-13(15)4)22-19-18(16)12(3)23-29-19/h7-8,10,14H,5-6,9H2,1-4H3,(H,26,27). The van der Waals surface area contributed by atoms with Crippen LogP contribution in [0.3, 0.4) is 0 Å². The highest BCUT2D eigenvalue weighted by Crippen LogP contribution is 2.32. The van der Waals surface area contributed by atoms with Gasteiger partial charge in [0.15, 0.2) is 0 Å². The molecule has 29 heavy (non-hydrogen) atoms. The van der Waals surface area contributed by atoms with Crippen molar-refractivity contribution in [3.8, 4) is 11.3 Å². The summed E-state index contributed by atoms with van der Waals surface area (Å²) in [4.78, 5) is 31.2. The van der Waals surface area contributed by atoms with Crippen LogP contribution < -0.4 is 0 Å². The van der Waals surface area contributed by atoms with Crippen molar-refractivity contribution in [2.24, 2.45) is 5.92 Å². The van der Waals surface area contributed by atoms with Crippen LogP contribution in [-0.2, 0) is 4.79 Å². The van der Waals surface area contributed by atoms with Crippen molar-refractivity contribution in [2.45, 2.75) is 46.6 Å². The van der Waals surface area contributed by atoms with Gasteiger partial charge >= 0.3 is 5.97 Å². The summed E-state index contributed by atoms with van der Waals surface area (Å²) in [6, 6.07) is 3.54. The number of amides is 1. The van der Waals surface area contributed by atoms with Gasteiger partial charge in [0.05, 0.1) is 28.3 Å². The maximum Gasteiger partial charge on any atom is 0.308 e. The Morgan fingerprint density at radius 2 is 1.97 bits per heavy atom. The molecule has 0 radical (unpaired) electrons. The second-order valence-corrected chi connectivity index (χ2v) is 7.75. The van der Waals surface area contributed by atoms with Crippen molar-refractivity contribution in [1.82, 2.24) is 15.0 Å². The number of rotatable bonds is 3. The number of pyridine rings is 1. The van der Waals surface area contributed by atoms with Gasteiger partial charge in [0.1, 0.15) is 11.5 Å². The van der Waals surface area contributed by atoms with E-state index < -0.39 is 11.9 Å². The number of piperidine rings is 1. The molecule has 152 valence electrons. The zero-order valence-electron chi connectivity index (χ0n) is 16.9. The second kappa shape index (κ2) is 7.02. The predicted octanol–water partition coefficient (Wildman–Crippen LogP) is 3.73. The first kappa shape index (κ1) is 19.2. The molecular formula is C21H23N3O5. The van der Waals surface area contributed by atoms with Crippen LogP contribution in [0.15, 0.2) is 21.1 Å². The van der Waals surface area contributed by atoms with Crippen molar-refractivity contribution in [1.29, 1.82) is 0 Å². The van der Waals surface area contributed by atoms with Gasteiger partial charge in [-0.2, -0.15) is 0 Å². The maximum atomic E-state index is 13.5. The van der Waals surface area contributed by atoms with Crippen molar-refractivity contribution < 1.29 is 23.6 Å². The fraction of sp³-hybridized carbons (Fsp3) is 0.429. The molecule has 4 heterocycles. The van der Waals surface area contributed by atoms with Crippen molar-refractivity contribution >= 4 is 23.0 Å². The highest BCUT2D eigenvalue weighted by molar-refractivity contribution is 6.07. The Kier molecular flexibility index (Phi) is 4.64. The van der Waals surface area contributed by atoms with E-state index in [4.69, 9.17) is 8.94 Å². The Balaban J connectivity index is 1.83. The molecule has 3 aromatic heterocycles. The summed E-state index contributed by atoms with van der Waals surface area (Å²) < 4.78 is 11.0. The monoisotopic (exact) mass is 397 g/mol. The summed E-state index contributed by atoms with van der Waals surface area (Å²) in [5.74, 6) is -0.229. The number of hydrogen-bond acceptors (Lipinski definition) is 6. The SMILES string of the molecule is Cc1cc(-c2cc(C(=O)N3CC(C(=O)O)CCC3C)c3c(C)noc3n2)c(C)o1. The fourth-order valence-corrected chi connectivity index (χ4v) is 4.03. The number of carboxylic acid groups (broad SMARTS) is 1. The number of aliphatic carboxylic acids is 1. The Labute approximate surface area is 167 Å². The van der Waals surface area contributed by atoms with E-state index in [2.05, 4.69) is 10.1 Å². The molecule has 0 spiro atoms. The third-order valence-corrected chi connectivity index (χ3v) is 5.66. The van der Waals surface area contributed by atoms with Crippen LogP contribution in [0.1, 0.15) is 47.3 Å². The van der Waals surface area contributed by atoms with E-state index in [1.54, 1.807) is 17.9 Å². The number of hydrogen-bond donors (Lipinski definition) is 1. The lowest BCUT2D eigenvalue weighted by Gasteiger charge is -2.36. The molecule has 2 atom stereocenters. The second-order valence-electron chi connectivity index (χ2n) is 7.75. The smallest absolute Gasteiger partial charge is 0.308 e. The molecule has 1 fully saturated rings. The molecule has 8 nitrogen and oxygen atoms in total. The predicted molar refractivity (Wildman–Crippen MR) is 105 cm³/mol. The number of carbonyl (C=O) groups is 2. The van der Waals surface area contributed by atoms with Gasteiger partial charge in [0.2, 0.25) is 0 Å². The van der Waals surface area contributed by atoms with Crippen LogP contribution in [0.2, 0.25) is 0 Å². The van der Waals surface area contributed by atoms with Gasteiger partial charge in [-0.1, -0.05) is 5.16 Å². The molecule has 8 heteroatoms. The summed E-state index contributed by atoms with van der Waals surface area (Å²) in [6.45, 7) is 7.57. The fourth-order valence-electron chi connectivity index (χ4n) is 4.03. The van der Waals surface area contributed by atoms with Crippen LogP contribution in [0.4, 0.5) is 0 Å². The van der Waals surface area contributed by atoms with Gasteiger partial charge in [-0.15, -0.1) is 0 Å². The van der Waals surface area contributed by atoms with E-state index >= 15 is 0 Å². The normalized spacial score (nSPS) is 19.7. The molecule has 0 saturated carbocycles. The quantitative estimate of drug-likeness (QED) is 0.717. The average Bonchev–Trinajstić information content (AvgIpc) is 3.22. The van der Waals surface area contributed by atoms with Crippen LogP contribution in [-0.4, -0.2) is 44.6 Å². The molecule has 1 aliphatic heterocycles. The molecule has 1 saturated heterocycles. The zero-order valence-corrected chi connectivity index (χ0v) is 16.9. The number of carboxylic acids is 1. The van der Waals surface area contributed by atoms with Crippen LogP contribution >= 0.6 is 0 Å². The largest absolute Gasteiger partial charge is 0.481 e. The first-order valence-electron chi connectivity index (χ1n) is 9.64. The van der Waals surface area contributed by atoms with Crippen molar-refractivity contribution in [3.63, 3.8) is 0 Å². The van der Waals surface area contributed by atoms with Gasteiger partial charge in [-0.3, -0.25) is 9.59 Å². The summed E-state index contributed by atoms with van der Waals surface area (Å²) in [6.07, 6.45) is 1.21. The summed E-state index contributed by atoms with van der Waals surface area (Å²) in [5.41, 5.74) is 2.61. The van der Waals surface area contributed by atoms with Gasteiger partial charge in [0, 0.05) is 18.2 Å². The highest BCUT2D eigenvalue weighted by Gasteiger charge is 2.34. The minimum atomic E-state index is -0.874. The lowest BCUT2D eigenvalue weighted by atomic mass is 9.92. The van der Waals surface area contributed by atoms with E-state index in [-0.39, 0.29) is 24.2 Å². The topological polar surface area (TPSA) is 110 Å². The van der Waals surface area contributed by atoms with E-state index in [1.807, 2.05) is 26.8 Å². The third kappa shape index (κ3) is 3.28. The number of aromatic nitrogens is 2.